The van der Waals surface area contributed by atoms with Gasteiger partial charge < -0.3 is 0 Å². The first-order valence-corrected chi connectivity index (χ1v) is 13.4. The molecule has 3 aromatic carbocycles. The van der Waals surface area contributed by atoms with Gasteiger partial charge in [0.15, 0.2) is 0 Å². The summed E-state index contributed by atoms with van der Waals surface area (Å²) in [6, 6.07) is 26.3. The molecule has 1 saturated heterocycles. The Balaban J connectivity index is 1.41. The van der Waals surface area contributed by atoms with Gasteiger partial charge in [-0.2, -0.15) is 5.10 Å². The molecule has 3 amide bonds. The summed E-state index contributed by atoms with van der Waals surface area (Å²) in [4.78, 5) is 46.5. The van der Waals surface area contributed by atoms with E-state index in [4.69, 9.17) is 0 Å². The minimum Gasteiger partial charge on any atom is -0.274 e. The van der Waals surface area contributed by atoms with E-state index in [2.05, 4.69) is 31.4 Å². The number of halogens is 1. The zero-order valence-electron chi connectivity index (χ0n) is 20.5. The third-order valence-electron chi connectivity index (χ3n) is 8.15. The van der Waals surface area contributed by atoms with E-state index in [9.17, 15) is 14.4 Å². The number of hydrogen-bond donors (Lipinski definition) is 1. The lowest BCUT2D eigenvalue weighted by Crippen LogP contribution is -2.54. The Morgan fingerprint density at radius 3 is 2.13 bits per heavy atom. The maximum atomic E-state index is 14.3. The summed E-state index contributed by atoms with van der Waals surface area (Å²) in [6.07, 6.45) is 4.74. The zero-order valence-corrected chi connectivity index (χ0v) is 22.1. The molecule has 1 aromatic heterocycles. The molecule has 3 aliphatic carbocycles. The van der Waals surface area contributed by atoms with Gasteiger partial charge >= 0.3 is 0 Å². The van der Waals surface area contributed by atoms with Crippen molar-refractivity contribution in [2.75, 3.05) is 4.90 Å². The second kappa shape index (κ2) is 8.81. The molecule has 8 heteroatoms. The summed E-state index contributed by atoms with van der Waals surface area (Å²) in [5.41, 5.74) is 6.39. The molecule has 4 aliphatic rings. The van der Waals surface area contributed by atoms with Gasteiger partial charge in [0.05, 0.1) is 22.9 Å². The van der Waals surface area contributed by atoms with E-state index < -0.39 is 23.2 Å². The molecule has 8 rings (SSSR count). The largest absolute Gasteiger partial charge is 0.274 e. The van der Waals surface area contributed by atoms with Gasteiger partial charge in [-0.25, -0.2) is 10.3 Å². The average molecular weight is 577 g/mol. The number of carbonyl (C=O) groups excluding carboxylic acids is 3. The quantitative estimate of drug-likeness (QED) is 0.214. The van der Waals surface area contributed by atoms with Crippen LogP contribution in [-0.2, 0) is 15.0 Å². The Morgan fingerprint density at radius 1 is 0.872 bits per heavy atom. The van der Waals surface area contributed by atoms with Crippen molar-refractivity contribution < 1.29 is 14.4 Å². The van der Waals surface area contributed by atoms with Crippen molar-refractivity contribution in [3.63, 3.8) is 0 Å². The Hall–Kier alpha value is -4.43. The molecule has 2 heterocycles. The smallest absolute Gasteiger partial charge is 0.271 e. The number of rotatable bonds is 4. The van der Waals surface area contributed by atoms with Crippen LogP contribution in [0.2, 0.25) is 0 Å². The summed E-state index contributed by atoms with van der Waals surface area (Å²) in [7, 11) is 0. The first kappa shape index (κ1) is 23.7. The van der Waals surface area contributed by atoms with Crippen molar-refractivity contribution in [2.24, 2.45) is 16.9 Å². The van der Waals surface area contributed by atoms with Crippen molar-refractivity contribution in [3.8, 4) is 0 Å². The number of hydrogen-bond acceptors (Lipinski definition) is 5. The fourth-order valence-electron chi connectivity index (χ4n) is 6.65. The summed E-state index contributed by atoms with van der Waals surface area (Å²) >= 11 is 3.44. The van der Waals surface area contributed by atoms with Crippen LogP contribution in [0.15, 0.2) is 107 Å². The molecule has 7 nitrogen and oxygen atoms in total. The molecule has 0 unspecified atom stereocenters. The number of benzene rings is 3. The number of anilines is 1. The molecule has 0 saturated carbocycles. The topological polar surface area (TPSA) is 91.7 Å². The van der Waals surface area contributed by atoms with Gasteiger partial charge in [-0.1, -0.05) is 64.5 Å². The second-order valence-corrected chi connectivity index (χ2v) is 10.9. The van der Waals surface area contributed by atoms with Crippen molar-refractivity contribution in [1.82, 2.24) is 10.4 Å². The minimum absolute atomic E-state index is 0.222. The number of hydrazone groups is 1. The predicted molar refractivity (Wildman–Crippen MR) is 149 cm³/mol. The van der Waals surface area contributed by atoms with Crippen LogP contribution in [-0.4, -0.2) is 28.9 Å². The van der Waals surface area contributed by atoms with Crippen molar-refractivity contribution in [3.05, 3.63) is 130 Å². The number of pyridine rings is 1. The molecule has 0 spiro atoms. The van der Waals surface area contributed by atoms with E-state index in [0.29, 0.717) is 11.3 Å². The molecule has 2 atom stereocenters. The molecule has 0 radical (unpaired) electrons. The fourth-order valence-corrected chi connectivity index (χ4v) is 6.92. The number of nitrogens with zero attached hydrogens (tertiary/aromatic N) is 3. The third kappa shape index (κ3) is 3.31. The third-order valence-corrected chi connectivity index (χ3v) is 8.67. The maximum Gasteiger partial charge on any atom is 0.271 e. The molecule has 1 fully saturated rings. The SMILES string of the molecule is O=C(N/N=C/C12c3ccccc3C(c3ccccc31)[C@H]1C(=O)N(c3ccc(Br)cc3)C(=O)[C@H]12)c1ccncc1. The van der Waals surface area contributed by atoms with Crippen LogP contribution >= 0.6 is 15.9 Å². The van der Waals surface area contributed by atoms with Crippen LogP contribution in [0.3, 0.4) is 0 Å². The highest BCUT2D eigenvalue weighted by Crippen LogP contribution is 2.63. The standard InChI is InChI=1S/C31H21BrN4O3/c32-19-9-11-20(12-10-19)36-29(38)26-25-21-5-1-3-7-23(21)31(27(26)30(36)39,24-8-4-2-6-22(24)25)17-34-35-28(37)18-13-15-33-16-14-18/h1-17,25-27H,(H,35,37)/b34-17+/t25?,26-,27+,31?/m1/s1. The molecule has 39 heavy (non-hydrogen) atoms. The highest BCUT2D eigenvalue weighted by atomic mass is 79.9. The summed E-state index contributed by atoms with van der Waals surface area (Å²) in [5, 5.41) is 4.43. The van der Waals surface area contributed by atoms with Crippen LogP contribution in [0.4, 0.5) is 5.69 Å². The Morgan fingerprint density at radius 2 is 1.49 bits per heavy atom. The zero-order chi connectivity index (χ0) is 26.7. The lowest BCUT2D eigenvalue weighted by Gasteiger charge is -2.52. The number of imide groups is 1. The summed E-state index contributed by atoms with van der Waals surface area (Å²) in [6.45, 7) is 0. The highest BCUT2D eigenvalue weighted by Gasteiger charge is 2.68. The Bertz CT molecular complexity index is 1640. The number of amides is 3. The molecule has 2 bridgehead atoms. The van der Waals surface area contributed by atoms with Gasteiger partial charge in [-0.3, -0.25) is 19.4 Å². The van der Waals surface area contributed by atoms with Crippen LogP contribution < -0.4 is 10.3 Å². The van der Waals surface area contributed by atoms with Gasteiger partial charge in [0.2, 0.25) is 11.8 Å². The van der Waals surface area contributed by atoms with Crippen LogP contribution in [0.25, 0.3) is 0 Å². The van der Waals surface area contributed by atoms with E-state index in [-0.39, 0.29) is 17.7 Å². The van der Waals surface area contributed by atoms with Crippen LogP contribution in [0.5, 0.6) is 0 Å². The fraction of sp³-hybridized carbons (Fsp3) is 0.129. The maximum absolute atomic E-state index is 14.3. The molecular formula is C31H21BrN4O3. The van der Waals surface area contributed by atoms with E-state index in [1.54, 1.807) is 30.5 Å². The molecule has 190 valence electrons. The first-order chi connectivity index (χ1) is 19.0. The number of carbonyl (C=O) groups is 3. The van der Waals surface area contributed by atoms with E-state index >= 15 is 0 Å². The minimum atomic E-state index is -1.05. The molecule has 4 aromatic rings. The van der Waals surface area contributed by atoms with Gasteiger partial charge in [-0.05, 0) is 58.7 Å². The lowest BCUT2D eigenvalue weighted by atomic mass is 9.47. The molecular weight excluding hydrogens is 556 g/mol. The average Bonchev–Trinajstić information content (AvgIpc) is 3.25. The normalized spacial score (nSPS) is 24.4. The first-order valence-electron chi connectivity index (χ1n) is 12.6. The number of nitrogens with one attached hydrogen (secondary N) is 1. The Kier molecular flexibility index (Phi) is 5.35. The van der Waals surface area contributed by atoms with Gasteiger partial charge in [0.25, 0.3) is 5.91 Å². The molecule has 1 aliphatic heterocycles. The monoisotopic (exact) mass is 576 g/mol. The molecule has 1 N–H and O–H groups in total. The second-order valence-electron chi connectivity index (χ2n) is 9.95. The van der Waals surface area contributed by atoms with Gasteiger partial charge in [-0.15, -0.1) is 0 Å². The van der Waals surface area contributed by atoms with Gasteiger partial charge in [0, 0.05) is 34.6 Å². The van der Waals surface area contributed by atoms with Crippen molar-refractivity contribution in [2.45, 2.75) is 11.3 Å². The lowest BCUT2D eigenvalue weighted by molar-refractivity contribution is -0.122. The number of aromatic nitrogens is 1. The Labute approximate surface area is 232 Å². The highest BCUT2D eigenvalue weighted by molar-refractivity contribution is 9.10. The van der Waals surface area contributed by atoms with Gasteiger partial charge in [0.1, 0.15) is 0 Å². The van der Waals surface area contributed by atoms with Crippen LogP contribution in [0.1, 0.15) is 38.5 Å². The summed E-state index contributed by atoms with van der Waals surface area (Å²) < 4.78 is 0.858. The van der Waals surface area contributed by atoms with E-state index in [1.807, 2.05) is 60.7 Å². The van der Waals surface area contributed by atoms with E-state index in [0.717, 1.165) is 26.7 Å². The van der Waals surface area contributed by atoms with Crippen molar-refractivity contribution in [1.29, 1.82) is 0 Å². The van der Waals surface area contributed by atoms with E-state index in [1.165, 1.54) is 17.3 Å². The van der Waals surface area contributed by atoms with Crippen molar-refractivity contribution >= 4 is 45.6 Å². The summed E-state index contributed by atoms with van der Waals surface area (Å²) in [5.74, 6) is -2.47. The predicted octanol–water partition coefficient (Wildman–Crippen LogP) is 4.81. The van der Waals surface area contributed by atoms with Crippen LogP contribution in [0, 0.1) is 11.8 Å².